The number of likely N-dealkylation sites (tertiary alicyclic amines) is 1. The summed E-state index contributed by atoms with van der Waals surface area (Å²) in [4.78, 5) is 116. The van der Waals surface area contributed by atoms with E-state index in [-0.39, 0.29) is 78.7 Å². The lowest BCUT2D eigenvalue weighted by atomic mass is 9.83. The van der Waals surface area contributed by atoms with Crippen LogP contribution >= 0.6 is 0 Å². The highest BCUT2D eigenvalue weighted by Crippen LogP contribution is 2.35. The Morgan fingerprint density at radius 1 is 0.585 bits per heavy atom. The average molecular weight is 1120 g/mol. The normalized spacial score (nSPS) is 21.0. The molecule has 18 nitrogen and oxygen atoms in total. The van der Waals surface area contributed by atoms with Gasteiger partial charge in [-0.2, -0.15) is 0 Å². The van der Waals surface area contributed by atoms with Crippen molar-refractivity contribution in [2.24, 2.45) is 10.8 Å². The fraction of sp³-hybridized carbons (Fsp3) is 0.500. The summed E-state index contributed by atoms with van der Waals surface area (Å²) in [7, 11) is 3.36. The van der Waals surface area contributed by atoms with Crippen LogP contribution in [0.4, 0.5) is 5.69 Å². The molecule has 2 aliphatic heterocycles. The number of likely N-dealkylation sites (N-methyl/N-ethyl adjacent to an activating group) is 2. The predicted molar refractivity (Wildman–Crippen MR) is 315 cm³/mol. The number of aryl methyl sites for hydroxylation is 2. The largest absolute Gasteiger partial charge is 0.347 e. The van der Waals surface area contributed by atoms with Crippen molar-refractivity contribution in [3.8, 4) is 0 Å². The fourth-order valence-electron chi connectivity index (χ4n) is 11.9. The number of rotatable bonds is 17. The van der Waals surface area contributed by atoms with Crippen LogP contribution < -0.4 is 42.5 Å². The van der Waals surface area contributed by atoms with Gasteiger partial charge in [-0.25, -0.2) is 0 Å². The molecular formula is C64H84N10O8. The van der Waals surface area contributed by atoms with E-state index in [0.717, 1.165) is 60.8 Å². The van der Waals surface area contributed by atoms with Crippen molar-refractivity contribution in [1.29, 1.82) is 0 Å². The van der Waals surface area contributed by atoms with Crippen LogP contribution in [0.25, 0.3) is 0 Å². The highest BCUT2D eigenvalue weighted by molar-refractivity contribution is 6.05. The number of anilines is 1. The van der Waals surface area contributed by atoms with Crippen molar-refractivity contribution >= 4 is 52.9 Å². The Balaban J connectivity index is 0.975. The Bertz CT molecular complexity index is 3040. The number of carbonyl (C=O) groups excluding carboxylic acids is 8. The van der Waals surface area contributed by atoms with E-state index in [0.29, 0.717) is 12.1 Å². The smallest absolute Gasteiger partial charge is 0.255 e. The second-order valence-corrected chi connectivity index (χ2v) is 24.8. The van der Waals surface area contributed by atoms with E-state index in [1.54, 1.807) is 50.2 Å². The maximum Gasteiger partial charge on any atom is 0.255 e. The summed E-state index contributed by atoms with van der Waals surface area (Å²) in [5.74, 6) is -3.02. The zero-order valence-electron chi connectivity index (χ0n) is 49.3. The Labute approximate surface area is 482 Å². The second kappa shape index (κ2) is 25.8. The number of hydrogen-bond donors (Lipinski definition) is 8. The fourth-order valence-corrected chi connectivity index (χ4v) is 11.9. The molecule has 8 N–H and O–H groups in total. The van der Waals surface area contributed by atoms with Crippen molar-refractivity contribution in [2.75, 3.05) is 26.0 Å². The van der Waals surface area contributed by atoms with Crippen LogP contribution in [0.15, 0.2) is 91.0 Å². The van der Waals surface area contributed by atoms with Gasteiger partial charge in [-0.05, 0) is 153 Å². The van der Waals surface area contributed by atoms with Gasteiger partial charge >= 0.3 is 0 Å². The molecule has 4 aromatic rings. The van der Waals surface area contributed by atoms with Gasteiger partial charge in [-0.1, -0.05) is 103 Å². The van der Waals surface area contributed by atoms with Gasteiger partial charge in [-0.3, -0.25) is 38.4 Å². The van der Waals surface area contributed by atoms with Gasteiger partial charge in [0.25, 0.3) is 11.8 Å². The zero-order valence-corrected chi connectivity index (χ0v) is 49.3. The third kappa shape index (κ3) is 13.9. The summed E-state index contributed by atoms with van der Waals surface area (Å²) in [5.41, 5.74) is 5.59. The van der Waals surface area contributed by atoms with E-state index in [2.05, 4.69) is 54.7 Å². The van der Waals surface area contributed by atoms with Gasteiger partial charge in [0.1, 0.15) is 24.2 Å². The first-order chi connectivity index (χ1) is 39.0. The summed E-state index contributed by atoms with van der Waals surface area (Å²) in [5, 5.41) is 24.4. The standard InChI is InChI=1S/C64H84N10O8/c1-11-48(66-10)58(78)72-54(64(6,7)8)61(81)73-35-43-32-44(31-30-42(43)33-51(73)59(79)69-49-24-16-20-38-18-12-14-22-46(38)49)67-56(76)40-26-28-41(29-27-40)57(77)68-45-34-52(60(80)70-50-25-17-21-39-19-13-15-23-47(39)50)74(36-45)62(82)53(63(3,4)5)71-55(75)37(2)65-9/h12-15,18-19,22-23,26-32,37,45,48-54,65-66H,11,16-17,20-21,24-25,33-36H2,1-10H3,(H,67,76)(H,68,77)(H,69,79)(H,70,80)(H,71,75)(H,72,78)/t37-,45-,48-,49+,50+,51-,52-,53+,54?/m0/s1. The van der Waals surface area contributed by atoms with Crippen LogP contribution in [0.5, 0.6) is 0 Å². The van der Waals surface area contributed by atoms with Crippen LogP contribution in [0.1, 0.15) is 160 Å². The number of nitrogens with one attached hydrogen (secondary N) is 8. The minimum atomic E-state index is -0.977. The molecule has 8 amide bonds. The van der Waals surface area contributed by atoms with Crippen LogP contribution in [-0.2, 0) is 54.6 Å². The third-order valence-electron chi connectivity index (χ3n) is 16.9. The lowest BCUT2D eigenvalue weighted by Crippen LogP contribution is -2.62. The SMILES string of the molecule is CC[C@H](NC)C(=O)NC(C(=O)N1Cc2cc(NC(=O)c3ccc(C(=O)N[C@H]4C[C@@H](C(=O)N[C@@H]5CCCc6ccccc65)N(C(=O)[C@@H](NC(=O)[C@H](C)NC)C(C)(C)C)C4)cc3)ccc2C[C@H]1C(=O)N[C@@H]1CCCc2ccccc21)C(C)(C)C. The predicted octanol–water partition coefficient (Wildman–Crippen LogP) is 5.95. The number of carbonyl (C=O) groups is 8. The van der Waals surface area contributed by atoms with Crippen LogP contribution in [0.3, 0.4) is 0 Å². The summed E-state index contributed by atoms with van der Waals surface area (Å²) in [6, 6.07) is 21.8. The number of hydrogen-bond acceptors (Lipinski definition) is 10. The van der Waals surface area contributed by atoms with Crippen LogP contribution in [0, 0.1) is 10.8 Å². The molecule has 4 aliphatic rings. The van der Waals surface area contributed by atoms with E-state index in [9.17, 15) is 38.4 Å². The minimum absolute atomic E-state index is 0.0221. The Morgan fingerprint density at radius 2 is 1.11 bits per heavy atom. The molecule has 0 radical (unpaired) electrons. The summed E-state index contributed by atoms with van der Waals surface area (Å²) in [6.07, 6.45) is 6.01. The lowest BCUT2D eigenvalue weighted by Gasteiger charge is -2.42. The maximum atomic E-state index is 15.0. The molecule has 18 heteroatoms. The van der Waals surface area contributed by atoms with Gasteiger partial charge in [0.15, 0.2) is 0 Å². The molecule has 1 unspecified atom stereocenters. The zero-order chi connectivity index (χ0) is 59.2. The topological polar surface area (TPSA) is 239 Å². The molecule has 1 saturated heterocycles. The molecule has 4 aromatic carbocycles. The average Bonchev–Trinajstić information content (AvgIpc) is 3.48. The molecular weight excluding hydrogens is 1040 g/mol. The second-order valence-electron chi connectivity index (χ2n) is 24.8. The highest BCUT2D eigenvalue weighted by atomic mass is 16.2. The molecule has 0 saturated carbocycles. The molecule has 2 heterocycles. The third-order valence-corrected chi connectivity index (χ3v) is 16.9. The number of amides is 8. The van der Waals surface area contributed by atoms with Crippen LogP contribution in [-0.4, -0.2) is 120 Å². The van der Waals surface area contributed by atoms with E-state index in [4.69, 9.17) is 0 Å². The molecule has 0 aromatic heterocycles. The Hall–Kier alpha value is -7.44. The Kier molecular flexibility index (Phi) is 19.1. The quantitative estimate of drug-likeness (QED) is 0.0619. The summed E-state index contributed by atoms with van der Waals surface area (Å²) < 4.78 is 0. The maximum absolute atomic E-state index is 15.0. The van der Waals surface area contributed by atoms with Gasteiger partial charge in [-0.15, -0.1) is 0 Å². The molecule has 1 fully saturated rings. The monoisotopic (exact) mass is 1120 g/mol. The number of fused-ring (bicyclic) bond motifs is 3. The summed E-state index contributed by atoms with van der Waals surface area (Å²) in [6.45, 7) is 14.9. The van der Waals surface area contributed by atoms with E-state index in [1.165, 1.54) is 28.2 Å². The molecule has 0 spiro atoms. The van der Waals surface area contributed by atoms with Gasteiger partial charge in [0, 0.05) is 42.4 Å². The van der Waals surface area contributed by atoms with Crippen molar-refractivity contribution in [3.05, 3.63) is 136 Å². The first-order valence-corrected chi connectivity index (χ1v) is 29.2. The molecule has 82 heavy (non-hydrogen) atoms. The van der Waals surface area contributed by atoms with Gasteiger partial charge in [0.05, 0.1) is 24.2 Å². The van der Waals surface area contributed by atoms with E-state index >= 15 is 0 Å². The van der Waals surface area contributed by atoms with E-state index in [1.807, 2.05) is 90.9 Å². The first-order valence-electron chi connectivity index (χ1n) is 29.2. The van der Waals surface area contributed by atoms with Crippen molar-refractivity contribution in [2.45, 2.75) is 174 Å². The van der Waals surface area contributed by atoms with Crippen LogP contribution in [0.2, 0.25) is 0 Å². The molecule has 8 rings (SSSR count). The van der Waals surface area contributed by atoms with Crippen molar-refractivity contribution in [3.63, 3.8) is 0 Å². The number of nitrogens with zero attached hydrogens (tertiary/aromatic N) is 2. The Morgan fingerprint density at radius 3 is 1.65 bits per heavy atom. The lowest BCUT2D eigenvalue weighted by molar-refractivity contribution is -0.147. The molecule has 0 bridgehead atoms. The first kappa shape index (κ1) is 60.7. The van der Waals surface area contributed by atoms with E-state index < -0.39 is 70.8 Å². The van der Waals surface area contributed by atoms with Gasteiger partial charge < -0.3 is 52.3 Å². The number of benzene rings is 4. The summed E-state index contributed by atoms with van der Waals surface area (Å²) >= 11 is 0. The van der Waals surface area contributed by atoms with Gasteiger partial charge in [0.2, 0.25) is 35.4 Å². The minimum Gasteiger partial charge on any atom is -0.347 e. The highest BCUT2D eigenvalue weighted by Gasteiger charge is 2.47. The molecule has 9 atom stereocenters. The molecule has 438 valence electrons. The van der Waals surface area contributed by atoms with Crippen molar-refractivity contribution in [1.82, 2.24) is 47.0 Å². The molecule has 2 aliphatic carbocycles. The van der Waals surface area contributed by atoms with Crippen molar-refractivity contribution < 1.29 is 38.4 Å².